The van der Waals surface area contributed by atoms with Crippen LogP contribution in [0.2, 0.25) is 0 Å². The Hall–Kier alpha value is -2.60. The molecule has 0 bridgehead atoms. The molecule has 0 saturated heterocycles. The van der Waals surface area contributed by atoms with E-state index in [1.54, 1.807) is 36.4 Å². The number of carbonyl (C=O) groups is 1. The molecule has 30 heavy (non-hydrogen) atoms. The highest BCUT2D eigenvalue weighted by Crippen LogP contribution is 2.28. The molecule has 0 saturated carbocycles. The molecule has 0 atom stereocenters. The van der Waals surface area contributed by atoms with Crippen LogP contribution in [-0.2, 0) is 14.8 Å². The first kappa shape index (κ1) is 22.1. The number of aryl methyl sites for hydroxylation is 1. The first-order valence-electron chi connectivity index (χ1n) is 10.5. The summed E-state index contributed by atoms with van der Waals surface area (Å²) in [6.07, 6.45) is 7.72. The zero-order valence-electron chi connectivity index (χ0n) is 17.7. The fraction of sp³-hybridized carbons (Fsp3) is 0.375. The van der Waals surface area contributed by atoms with Crippen molar-refractivity contribution in [3.63, 3.8) is 0 Å². The van der Waals surface area contributed by atoms with E-state index in [4.69, 9.17) is 0 Å². The minimum Gasteiger partial charge on any atom is -0.354 e. The van der Waals surface area contributed by atoms with E-state index in [2.05, 4.69) is 11.4 Å². The van der Waals surface area contributed by atoms with Gasteiger partial charge in [0.05, 0.1) is 10.6 Å². The van der Waals surface area contributed by atoms with Crippen LogP contribution in [0.3, 0.4) is 0 Å². The average Bonchev–Trinajstić information content (AvgIpc) is 2.75. The fourth-order valence-corrected chi connectivity index (χ4v) is 5.21. The molecule has 3 rings (SSSR count). The van der Waals surface area contributed by atoms with E-state index >= 15 is 0 Å². The maximum absolute atomic E-state index is 13.4. The normalized spacial score (nSPS) is 14.1. The van der Waals surface area contributed by atoms with Gasteiger partial charge in [-0.25, -0.2) is 8.42 Å². The van der Waals surface area contributed by atoms with E-state index in [1.807, 2.05) is 26.0 Å². The number of benzene rings is 2. The quantitative estimate of drug-likeness (QED) is 0.632. The summed E-state index contributed by atoms with van der Waals surface area (Å²) in [5.74, 6) is -0.299. The highest BCUT2D eigenvalue weighted by Gasteiger charge is 2.28. The van der Waals surface area contributed by atoms with Crippen LogP contribution in [0.1, 0.15) is 43.2 Å². The van der Waals surface area contributed by atoms with Crippen molar-refractivity contribution in [2.75, 3.05) is 17.4 Å². The summed E-state index contributed by atoms with van der Waals surface area (Å²) in [5, 5.41) is 2.90. The molecule has 0 aromatic heterocycles. The van der Waals surface area contributed by atoms with Gasteiger partial charge < -0.3 is 5.32 Å². The molecule has 1 amide bonds. The Bertz CT molecular complexity index is 1010. The van der Waals surface area contributed by atoms with Gasteiger partial charge in [0.1, 0.15) is 6.54 Å². The number of nitrogens with zero attached hydrogens (tertiary/aromatic N) is 1. The van der Waals surface area contributed by atoms with Crippen LogP contribution < -0.4 is 9.62 Å². The summed E-state index contributed by atoms with van der Waals surface area (Å²) in [4.78, 5) is 12.9. The molecule has 1 N–H and O–H groups in total. The molecule has 6 heteroatoms. The number of anilines is 1. The Kier molecular flexibility index (Phi) is 7.32. The predicted molar refractivity (Wildman–Crippen MR) is 121 cm³/mol. The van der Waals surface area contributed by atoms with Gasteiger partial charge in [0, 0.05) is 6.54 Å². The van der Waals surface area contributed by atoms with Crippen molar-refractivity contribution >= 4 is 21.6 Å². The second-order valence-electron chi connectivity index (χ2n) is 7.75. The van der Waals surface area contributed by atoms with Crippen molar-refractivity contribution in [2.45, 2.75) is 50.8 Å². The van der Waals surface area contributed by atoms with Gasteiger partial charge in [-0.3, -0.25) is 9.10 Å². The molecule has 2 aromatic carbocycles. The Balaban J connectivity index is 1.80. The van der Waals surface area contributed by atoms with Crippen molar-refractivity contribution in [3.05, 3.63) is 71.3 Å². The highest BCUT2D eigenvalue weighted by molar-refractivity contribution is 7.92. The predicted octanol–water partition coefficient (Wildman–Crippen LogP) is 4.51. The average molecular weight is 427 g/mol. The zero-order valence-corrected chi connectivity index (χ0v) is 18.5. The lowest BCUT2D eigenvalue weighted by atomic mass is 9.97. The molecule has 160 valence electrons. The molecule has 1 aliphatic carbocycles. The van der Waals surface area contributed by atoms with Crippen molar-refractivity contribution < 1.29 is 13.2 Å². The molecule has 5 nitrogen and oxygen atoms in total. The van der Waals surface area contributed by atoms with Gasteiger partial charge in [-0.1, -0.05) is 42.0 Å². The van der Waals surface area contributed by atoms with E-state index in [0.29, 0.717) is 12.2 Å². The van der Waals surface area contributed by atoms with Crippen molar-refractivity contribution in [3.8, 4) is 0 Å². The van der Waals surface area contributed by atoms with E-state index in [1.165, 1.54) is 22.7 Å². The molecule has 0 unspecified atom stereocenters. The molecule has 0 aliphatic heterocycles. The molecular formula is C24H30N2O3S. The van der Waals surface area contributed by atoms with E-state index in [9.17, 15) is 13.2 Å². The molecule has 0 heterocycles. The second kappa shape index (κ2) is 9.94. The third kappa shape index (κ3) is 5.30. The first-order valence-corrected chi connectivity index (χ1v) is 11.9. The van der Waals surface area contributed by atoms with Crippen molar-refractivity contribution in [1.29, 1.82) is 0 Å². The Morgan fingerprint density at radius 1 is 1.03 bits per heavy atom. The zero-order chi connectivity index (χ0) is 21.6. The topological polar surface area (TPSA) is 66.5 Å². The Morgan fingerprint density at radius 2 is 1.80 bits per heavy atom. The van der Waals surface area contributed by atoms with Gasteiger partial charge in [0.2, 0.25) is 5.91 Å². The first-order chi connectivity index (χ1) is 14.4. The van der Waals surface area contributed by atoms with Crippen molar-refractivity contribution in [1.82, 2.24) is 5.32 Å². The molecule has 1 aliphatic rings. The van der Waals surface area contributed by atoms with Crippen LogP contribution in [0.4, 0.5) is 5.69 Å². The lowest BCUT2D eigenvalue weighted by molar-refractivity contribution is -0.119. The number of hydrogen-bond acceptors (Lipinski definition) is 3. The van der Waals surface area contributed by atoms with Crippen LogP contribution in [0, 0.1) is 13.8 Å². The summed E-state index contributed by atoms with van der Waals surface area (Å²) in [7, 11) is -3.87. The van der Waals surface area contributed by atoms with Gasteiger partial charge in [0.25, 0.3) is 10.0 Å². The van der Waals surface area contributed by atoms with Crippen molar-refractivity contribution in [2.24, 2.45) is 0 Å². The molecule has 0 spiro atoms. The minimum absolute atomic E-state index is 0.172. The summed E-state index contributed by atoms with van der Waals surface area (Å²) >= 11 is 0. The molecule has 2 aromatic rings. The summed E-state index contributed by atoms with van der Waals surface area (Å²) in [6.45, 7) is 4.09. The van der Waals surface area contributed by atoms with E-state index < -0.39 is 10.0 Å². The van der Waals surface area contributed by atoms with Crippen LogP contribution >= 0.6 is 0 Å². The van der Waals surface area contributed by atoms with E-state index in [0.717, 1.165) is 30.4 Å². The highest BCUT2D eigenvalue weighted by atomic mass is 32.2. The monoisotopic (exact) mass is 426 g/mol. The smallest absolute Gasteiger partial charge is 0.264 e. The Labute approximate surface area is 179 Å². The van der Waals surface area contributed by atoms with Crippen LogP contribution in [-0.4, -0.2) is 27.4 Å². The number of nitrogens with one attached hydrogen (secondary N) is 1. The third-order valence-electron chi connectivity index (χ3n) is 5.62. The van der Waals surface area contributed by atoms with Gasteiger partial charge in [-0.05, 0) is 75.3 Å². The summed E-state index contributed by atoms with van der Waals surface area (Å²) < 4.78 is 28.0. The number of amides is 1. The number of rotatable bonds is 8. The fourth-order valence-electron chi connectivity index (χ4n) is 3.71. The largest absolute Gasteiger partial charge is 0.354 e. The summed E-state index contributed by atoms with van der Waals surface area (Å²) in [5.41, 5.74) is 3.73. The number of sulfonamides is 1. The summed E-state index contributed by atoms with van der Waals surface area (Å²) in [6, 6.07) is 13.8. The number of hydrogen-bond donors (Lipinski definition) is 1. The number of allylic oxidation sites excluding steroid dienone is 1. The minimum atomic E-state index is -3.87. The third-order valence-corrected chi connectivity index (χ3v) is 7.39. The van der Waals surface area contributed by atoms with Gasteiger partial charge >= 0.3 is 0 Å². The lowest BCUT2D eigenvalue weighted by Crippen LogP contribution is -2.41. The standard InChI is InChI=1S/C24H30N2O3S/c1-19-10-9-15-23(20(19)2)26(30(28,29)22-13-7-4-8-14-22)18-24(27)25-17-16-21-11-5-3-6-12-21/h4,7-11,13-15H,3,5-6,12,16-18H2,1-2H3,(H,25,27). The van der Waals surface area contributed by atoms with Gasteiger partial charge in [-0.2, -0.15) is 0 Å². The number of carbonyl (C=O) groups excluding carboxylic acids is 1. The maximum atomic E-state index is 13.4. The molecular weight excluding hydrogens is 396 g/mol. The SMILES string of the molecule is Cc1cccc(N(CC(=O)NCCC2=CCCCC2)S(=O)(=O)c2ccccc2)c1C. The van der Waals surface area contributed by atoms with Gasteiger partial charge in [-0.15, -0.1) is 0 Å². The lowest BCUT2D eigenvalue weighted by Gasteiger charge is -2.26. The van der Waals surface area contributed by atoms with E-state index in [-0.39, 0.29) is 17.3 Å². The van der Waals surface area contributed by atoms with Crippen LogP contribution in [0.15, 0.2) is 65.1 Å². The Morgan fingerprint density at radius 3 is 2.50 bits per heavy atom. The van der Waals surface area contributed by atoms with Gasteiger partial charge in [0.15, 0.2) is 0 Å². The van der Waals surface area contributed by atoms with Crippen LogP contribution in [0.25, 0.3) is 0 Å². The molecule has 0 fully saturated rings. The molecule has 0 radical (unpaired) electrons. The maximum Gasteiger partial charge on any atom is 0.264 e. The van der Waals surface area contributed by atoms with Crippen LogP contribution in [0.5, 0.6) is 0 Å². The second-order valence-corrected chi connectivity index (χ2v) is 9.61.